The van der Waals surface area contributed by atoms with Crippen LogP contribution in [0.5, 0.6) is 0 Å². The van der Waals surface area contributed by atoms with Gasteiger partial charge >= 0.3 is 0 Å². The molecule has 0 spiro atoms. The molecular weight excluding hydrogens is 342 g/mol. The quantitative estimate of drug-likeness (QED) is 0.728. The molecule has 0 saturated heterocycles. The van der Waals surface area contributed by atoms with Gasteiger partial charge in [0, 0.05) is 25.7 Å². The Bertz CT molecular complexity index is 621. The Hall–Kier alpha value is -1.85. The highest BCUT2D eigenvalue weighted by Gasteiger charge is 2.42. The molecule has 0 fully saturated rings. The standard InChI is InChI=1S/C22H33NO4/c1-5-26-21-17(12-9-13-24)18(22(2,3)4)14-19(27-21)20(25)23-15-16-10-7-6-8-11-16/h6-8,10-11,14,17-18,21,24H,5,9,12-13,15H2,1-4H3,(H,23,25)/t17-,18-,21+/m0/s1. The first-order valence-electron chi connectivity index (χ1n) is 9.80. The highest BCUT2D eigenvalue weighted by atomic mass is 16.7. The van der Waals surface area contributed by atoms with Crippen LogP contribution in [0.15, 0.2) is 42.2 Å². The number of ether oxygens (including phenoxy) is 2. The molecule has 0 aliphatic carbocycles. The van der Waals surface area contributed by atoms with Gasteiger partial charge in [0.25, 0.3) is 5.91 Å². The second-order valence-corrected chi connectivity index (χ2v) is 8.06. The molecule has 5 nitrogen and oxygen atoms in total. The Morgan fingerprint density at radius 2 is 1.96 bits per heavy atom. The summed E-state index contributed by atoms with van der Waals surface area (Å²) in [4.78, 5) is 12.7. The van der Waals surface area contributed by atoms with Gasteiger partial charge in [-0.25, -0.2) is 0 Å². The van der Waals surface area contributed by atoms with Crippen LogP contribution in [-0.2, 0) is 20.8 Å². The van der Waals surface area contributed by atoms with E-state index in [-0.39, 0.29) is 29.8 Å². The van der Waals surface area contributed by atoms with Crippen molar-refractivity contribution in [3.05, 3.63) is 47.7 Å². The molecule has 2 N–H and O–H groups in total. The molecule has 5 heteroatoms. The van der Waals surface area contributed by atoms with E-state index in [4.69, 9.17) is 9.47 Å². The molecule has 150 valence electrons. The molecule has 2 rings (SSSR count). The SMILES string of the molecule is CCO[C@@H]1OC(C(=O)NCc2ccccc2)=C[C@H](C(C)(C)C)[C@@H]1CCCO. The van der Waals surface area contributed by atoms with Crippen LogP contribution in [0.2, 0.25) is 0 Å². The minimum atomic E-state index is -0.478. The minimum Gasteiger partial charge on any atom is -0.459 e. The van der Waals surface area contributed by atoms with Crippen LogP contribution in [0, 0.1) is 17.3 Å². The lowest BCUT2D eigenvalue weighted by Crippen LogP contribution is -2.43. The molecule has 1 aliphatic heterocycles. The van der Waals surface area contributed by atoms with E-state index in [1.54, 1.807) is 0 Å². The summed E-state index contributed by atoms with van der Waals surface area (Å²) in [6.07, 6.45) is 2.94. The number of allylic oxidation sites excluding steroid dienone is 1. The molecule has 0 saturated carbocycles. The average molecular weight is 376 g/mol. The van der Waals surface area contributed by atoms with E-state index >= 15 is 0 Å². The lowest BCUT2D eigenvalue weighted by molar-refractivity contribution is -0.179. The van der Waals surface area contributed by atoms with Gasteiger partial charge in [-0.15, -0.1) is 0 Å². The van der Waals surface area contributed by atoms with Crippen LogP contribution in [-0.4, -0.2) is 30.5 Å². The lowest BCUT2D eigenvalue weighted by atomic mass is 9.70. The van der Waals surface area contributed by atoms with Crippen LogP contribution in [0.4, 0.5) is 0 Å². The molecule has 0 radical (unpaired) electrons. The molecule has 1 aromatic carbocycles. The fourth-order valence-electron chi connectivity index (χ4n) is 3.56. The lowest BCUT2D eigenvalue weighted by Gasteiger charge is -2.42. The van der Waals surface area contributed by atoms with E-state index in [0.29, 0.717) is 25.3 Å². The van der Waals surface area contributed by atoms with E-state index in [9.17, 15) is 9.90 Å². The van der Waals surface area contributed by atoms with Crippen molar-refractivity contribution in [1.82, 2.24) is 5.32 Å². The largest absolute Gasteiger partial charge is 0.459 e. The molecule has 1 aromatic rings. The Morgan fingerprint density at radius 1 is 1.26 bits per heavy atom. The Labute approximate surface area is 162 Å². The van der Waals surface area contributed by atoms with Crippen molar-refractivity contribution in [2.75, 3.05) is 13.2 Å². The molecule has 0 unspecified atom stereocenters. The number of amides is 1. The number of carbonyl (C=O) groups excluding carboxylic acids is 1. The van der Waals surface area contributed by atoms with Gasteiger partial charge in [-0.3, -0.25) is 4.79 Å². The number of hydrogen-bond donors (Lipinski definition) is 2. The topological polar surface area (TPSA) is 67.8 Å². The number of aliphatic hydroxyl groups excluding tert-OH is 1. The minimum absolute atomic E-state index is 0.0514. The number of benzene rings is 1. The number of carbonyl (C=O) groups is 1. The normalized spacial score (nSPS) is 22.7. The Balaban J connectivity index is 2.18. The zero-order valence-electron chi connectivity index (χ0n) is 16.9. The number of rotatable bonds is 8. The van der Waals surface area contributed by atoms with Gasteiger partial charge in [0.2, 0.25) is 6.29 Å². The second-order valence-electron chi connectivity index (χ2n) is 8.06. The van der Waals surface area contributed by atoms with E-state index < -0.39 is 6.29 Å². The van der Waals surface area contributed by atoms with Crippen molar-refractivity contribution < 1.29 is 19.4 Å². The van der Waals surface area contributed by atoms with Gasteiger partial charge in [0.15, 0.2) is 5.76 Å². The molecule has 1 heterocycles. The zero-order valence-corrected chi connectivity index (χ0v) is 16.9. The zero-order chi connectivity index (χ0) is 19.9. The van der Waals surface area contributed by atoms with Crippen molar-refractivity contribution in [3.8, 4) is 0 Å². The summed E-state index contributed by atoms with van der Waals surface area (Å²) in [5.41, 5.74) is 0.987. The smallest absolute Gasteiger partial charge is 0.286 e. The van der Waals surface area contributed by atoms with Gasteiger partial charge in [0.05, 0.1) is 0 Å². The van der Waals surface area contributed by atoms with Crippen LogP contribution >= 0.6 is 0 Å². The third kappa shape index (κ3) is 6.08. The van der Waals surface area contributed by atoms with Gasteiger partial charge in [-0.1, -0.05) is 51.1 Å². The Morgan fingerprint density at radius 3 is 2.56 bits per heavy atom. The van der Waals surface area contributed by atoms with Crippen LogP contribution in [0.1, 0.15) is 46.1 Å². The van der Waals surface area contributed by atoms with Crippen LogP contribution in [0.25, 0.3) is 0 Å². The summed E-state index contributed by atoms with van der Waals surface area (Å²) in [7, 11) is 0. The summed E-state index contributed by atoms with van der Waals surface area (Å²) in [5, 5.41) is 12.2. The summed E-state index contributed by atoms with van der Waals surface area (Å²) >= 11 is 0. The number of hydrogen-bond acceptors (Lipinski definition) is 4. The van der Waals surface area contributed by atoms with Crippen LogP contribution in [0.3, 0.4) is 0 Å². The maximum atomic E-state index is 12.7. The van der Waals surface area contributed by atoms with E-state index in [1.165, 1.54) is 0 Å². The third-order valence-corrected chi connectivity index (χ3v) is 4.93. The average Bonchev–Trinajstić information content (AvgIpc) is 2.65. The molecule has 1 amide bonds. The van der Waals surface area contributed by atoms with Crippen molar-refractivity contribution >= 4 is 5.91 Å². The molecule has 3 atom stereocenters. The molecular formula is C22H33NO4. The highest BCUT2D eigenvalue weighted by molar-refractivity contribution is 5.91. The third-order valence-electron chi connectivity index (χ3n) is 4.93. The maximum Gasteiger partial charge on any atom is 0.286 e. The summed E-state index contributed by atoms with van der Waals surface area (Å²) in [6.45, 7) is 9.51. The first-order chi connectivity index (χ1) is 12.9. The fourth-order valence-corrected chi connectivity index (χ4v) is 3.56. The van der Waals surface area contributed by atoms with Crippen LogP contribution < -0.4 is 5.32 Å². The summed E-state index contributed by atoms with van der Waals surface area (Å²) in [6, 6.07) is 9.80. The fraction of sp³-hybridized carbons (Fsp3) is 0.591. The van der Waals surface area contributed by atoms with Gasteiger partial charge < -0.3 is 19.9 Å². The molecule has 0 aromatic heterocycles. The second kappa shape index (κ2) is 9.90. The van der Waals surface area contributed by atoms with E-state index in [1.807, 2.05) is 43.3 Å². The predicted octanol–water partition coefficient (Wildman–Crippen LogP) is 3.63. The first kappa shape index (κ1) is 21.5. The van der Waals surface area contributed by atoms with Crippen molar-refractivity contribution in [2.45, 2.75) is 53.4 Å². The number of aliphatic hydroxyl groups is 1. The summed E-state index contributed by atoms with van der Waals surface area (Å²) in [5.74, 6) is 0.317. The summed E-state index contributed by atoms with van der Waals surface area (Å²) < 4.78 is 11.8. The van der Waals surface area contributed by atoms with E-state index in [0.717, 1.165) is 12.0 Å². The van der Waals surface area contributed by atoms with Crippen molar-refractivity contribution in [2.24, 2.45) is 17.3 Å². The predicted molar refractivity (Wildman–Crippen MR) is 106 cm³/mol. The molecule has 0 bridgehead atoms. The van der Waals surface area contributed by atoms with Crippen molar-refractivity contribution in [3.63, 3.8) is 0 Å². The molecule has 27 heavy (non-hydrogen) atoms. The molecule has 1 aliphatic rings. The van der Waals surface area contributed by atoms with Gasteiger partial charge in [-0.05, 0) is 42.7 Å². The first-order valence-corrected chi connectivity index (χ1v) is 9.80. The van der Waals surface area contributed by atoms with Gasteiger partial charge in [-0.2, -0.15) is 0 Å². The Kier molecular flexibility index (Phi) is 7.87. The van der Waals surface area contributed by atoms with E-state index in [2.05, 4.69) is 26.1 Å². The monoisotopic (exact) mass is 375 g/mol. The maximum absolute atomic E-state index is 12.7. The van der Waals surface area contributed by atoms with Crippen molar-refractivity contribution in [1.29, 1.82) is 0 Å². The number of nitrogens with one attached hydrogen (secondary N) is 1. The van der Waals surface area contributed by atoms with Gasteiger partial charge in [0.1, 0.15) is 0 Å². The highest BCUT2D eigenvalue weighted by Crippen LogP contribution is 2.42.